The average Bonchev–Trinajstić information content (AvgIpc) is 3.17. The van der Waals surface area contributed by atoms with E-state index in [9.17, 15) is 4.79 Å². The van der Waals surface area contributed by atoms with E-state index in [1.807, 2.05) is 25.2 Å². The molecule has 0 radical (unpaired) electrons. The normalized spacial score (nSPS) is 25.8. The van der Waals surface area contributed by atoms with Gasteiger partial charge in [0.2, 0.25) is 5.91 Å². The Kier molecular flexibility index (Phi) is 7.05. The summed E-state index contributed by atoms with van der Waals surface area (Å²) in [6, 6.07) is 11.3. The van der Waals surface area contributed by atoms with E-state index < -0.39 is 0 Å². The maximum Gasteiger partial charge on any atom is 0.243 e. The highest BCUT2D eigenvalue weighted by molar-refractivity contribution is 5.88. The number of rotatable bonds is 9. The molecule has 0 aromatic heterocycles. The van der Waals surface area contributed by atoms with Crippen molar-refractivity contribution < 1.29 is 4.79 Å². The molecule has 1 aromatic carbocycles. The van der Waals surface area contributed by atoms with Gasteiger partial charge in [-0.2, -0.15) is 0 Å². The monoisotopic (exact) mass is 376 g/mol. The fraction of sp³-hybridized carbons (Fsp3) is 0.400. The van der Waals surface area contributed by atoms with Crippen LogP contribution in [-0.2, 0) is 4.79 Å². The number of nitrogens with zero attached hydrogens (tertiary/aromatic N) is 1. The Morgan fingerprint density at radius 1 is 1.25 bits per heavy atom. The number of carbonyl (C=O) groups excluding carboxylic acids is 1. The van der Waals surface area contributed by atoms with Crippen LogP contribution in [0.1, 0.15) is 31.9 Å². The van der Waals surface area contributed by atoms with Crippen molar-refractivity contribution in [3.8, 4) is 0 Å². The van der Waals surface area contributed by atoms with Crippen molar-refractivity contribution in [2.24, 2.45) is 17.8 Å². The topological polar surface area (TPSA) is 32.3 Å². The van der Waals surface area contributed by atoms with Crippen LogP contribution in [0, 0.1) is 17.8 Å². The summed E-state index contributed by atoms with van der Waals surface area (Å²) in [5.41, 5.74) is 2.33. The highest BCUT2D eigenvalue weighted by Crippen LogP contribution is 2.54. The molecule has 2 fully saturated rings. The number of hydrogen-bond acceptors (Lipinski definition) is 2. The van der Waals surface area contributed by atoms with Crippen molar-refractivity contribution in [1.29, 1.82) is 0 Å². The molecule has 3 nitrogen and oxygen atoms in total. The molecule has 1 aliphatic carbocycles. The molecule has 0 spiro atoms. The Balaban J connectivity index is 1.36. The molecule has 148 valence electrons. The van der Waals surface area contributed by atoms with Crippen LogP contribution in [0.2, 0.25) is 0 Å². The molecule has 1 heterocycles. The molecule has 28 heavy (non-hydrogen) atoms. The first kappa shape index (κ1) is 20.3. The molecule has 0 bridgehead atoms. The first-order chi connectivity index (χ1) is 13.6. The second kappa shape index (κ2) is 9.70. The minimum absolute atomic E-state index is 0.0293. The first-order valence-corrected chi connectivity index (χ1v) is 10.3. The minimum atomic E-state index is -0.0293. The van der Waals surface area contributed by atoms with Crippen LogP contribution in [0.25, 0.3) is 0 Å². The number of carbonyl (C=O) groups is 1. The van der Waals surface area contributed by atoms with Crippen LogP contribution >= 0.6 is 0 Å². The highest BCUT2D eigenvalue weighted by atomic mass is 16.1. The summed E-state index contributed by atoms with van der Waals surface area (Å²) in [7, 11) is 0. The van der Waals surface area contributed by atoms with Crippen molar-refractivity contribution in [3.05, 3.63) is 84.5 Å². The van der Waals surface area contributed by atoms with Crippen LogP contribution < -0.4 is 5.32 Å². The molecule has 1 amide bonds. The fourth-order valence-corrected chi connectivity index (χ4v) is 4.36. The summed E-state index contributed by atoms with van der Waals surface area (Å²) in [4.78, 5) is 14.6. The number of likely N-dealkylation sites (tertiary alicyclic amines) is 1. The maximum absolute atomic E-state index is 12.0. The molecule has 1 aliphatic heterocycles. The molecule has 1 saturated heterocycles. The number of piperidine rings is 1. The Morgan fingerprint density at radius 3 is 2.61 bits per heavy atom. The van der Waals surface area contributed by atoms with Crippen LogP contribution in [-0.4, -0.2) is 30.4 Å². The van der Waals surface area contributed by atoms with Gasteiger partial charge in [-0.05, 0) is 55.2 Å². The third-order valence-corrected chi connectivity index (χ3v) is 6.15. The van der Waals surface area contributed by atoms with Crippen LogP contribution in [0.5, 0.6) is 0 Å². The molecule has 1 saturated carbocycles. The van der Waals surface area contributed by atoms with E-state index in [-0.39, 0.29) is 5.91 Å². The standard InChI is InChI=1S/C25H32N2O/c1-4-6-10-20(5-2)13-14-25(28)26-16-15-22-23-17-27(18-24(22)23)19(3)21-11-8-7-9-12-21/h4-14,19,22-24H,2,15-18H2,1,3H3,(H,26,28)/b6-4-,14-13+,20-10+/t19?,22?,23-,24+. The predicted molar refractivity (Wildman–Crippen MR) is 117 cm³/mol. The van der Waals surface area contributed by atoms with E-state index in [1.54, 1.807) is 18.2 Å². The van der Waals surface area contributed by atoms with E-state index >= 15 is 0 Å². The second-order valence-electron chi connectivity index (χ2n) is 7.84. The molecule has 4 atom stereocenters. The van der Waals surface area contributed by atoms with Gasteiger partial charge in [0.15, 0.2) is 0 Å². The van der Waals surface area contributed by atoms with Gasteiger partial charge in [0.25, 0.3) is 0 Å². The quantitative estimate of drug-likeness (QED) is 0.501. The fourth-order valence-electron chi connectivity index (χ4n) is 4.36. The lowest BCUT2D eigenvalue weighted by Crippen LogP contribution is -2.29. The van der Waals surface area contributed by atoms with Crippen LogP contribution in [0.3, 0.4) is 0 Å². The molecule has 2 aliphatic rings. The van der Waals surface area contributed by atoms with E-state index in [0.29, 0.717) is 6.04 Å². The van der Waals surface area contributed by atoms with Gasteiger partial charge in [0.1, 0.15) is 0 Å². The summed E-state index contributed by atoms with van der Waals surface area (Å²) in [6.07, 6.45) is 12.1. The number of hydrogen-bond donors (Lipinski definition) is 1. The van der Waals surface area contributed by atoms with Crippen LogP contribution in [0.15, 0.2) is 78.9 Å². The lowest BCUT2D eigenvalue weighted by atomic mass is 10.1. The van der Waals surface area contributed by atoms with Crippen molar-refractivity contribution >= 4 is 5.91 Å². The smallest absolute Gasteiger partial charge is 0.243 e. The molecule has 3 heteroatoms. The van der Waals surface area contributed by atoms with Crippen molar-refractivity contribution in [2.45, 2.75) is 26.3 Å². The Hall–Kier alpha value is -2.39. The van der Waals surface area contributed by atoms with Crippen molar-refractivity contribution in [3.63, 3.8) is 0 Å². The van der Waals surface area contributed by atoms with E-state index in [2.05, 4.69) is 54.1 Å². The molecule has 1 aromatic rings. The Morgan fingerprint density at radius 2 is 1.96 bits per heavy atom. The number of nitrogens with one attached hydrogen (secondary N) is 1. The summed E-state index contributed by atoms with van der Waals surface area (Å²) in [5, 5.41) is 3.02. The largest absolute Gasteiger partial charge is 0.353 e. The van der Waals surface area contributed by atoms with E-state index in [1.165, 1.54) is 18.7 Å². The van der Waals surface area contributed by atoms with Crippen LogP contribution in [0.4, 0.5) is 0 Å². The van der Waals surface area contributed by atoms with Gasteiger partial charge in [-0.15, -0.1) is 0 Å². The number of amides is 1. The first-order valence-electron chi connectivity index (χ1n) is 10.3. The lowest BCUT2D eigenvalue weighted by Gasteiger charge is -2.27. The van der Waals surface area contributed by atoms with Crippen molar-refractivity contribution in [2.75, 3.05) is 19.6 Å². The minimum Gasteiger partial charge on any atom is -0.353 e. The third-order valence-electron chi connectivity index (χ3n) is 6.15. The predicted octanol–water partition coefficient (Wildman–Crippen LogP) is 4.68. The average molecular weight is 377 g/mol. The zero-order valence-electron chi connectivity index (χ0n) is 17.1. The van der Waals surface area contributed by atoms with Gasteiger partial charge in [-0.25, -0.2) is 0 Å². The number of fused-ring (bicyclic) bond motifs is 1. The molecular formula is C25H32N2O. The second-order valence-corrected chi connectivity index (χ2v) is 7.84. The zero-order chi connectivity index (χ0) is 19.9. The number of benzene rings is 1. The van der Waals surface area contributed by atoms with E-state index in [0.717, 1.165) is 36.3 Å². The maximum atomic E-state index is 12.0. The Labute approximate surface area is 169 Å². The van der Waals surface area contributed by atoms with Gasteiger partial charge in [-0.1, -0.05) is 61.2 Å². The number of allylic oxidation sites excluding steroid dienone is 6. The van der Waals surface area contributed by atoms with Gasteiger partial charge in [-0.3, -0.25) is 9.69 Å². The lowest BCUT2D eigenvalue weighted by molar-refractivity contribution is -0.116. The van der Waals surface area contributed by atoms with Crippen molar-refractivity contribution in [1.82, 2.24) is 10.2 Å². The van der Waals surface area contributed by atoms with E-state index in [4.69, 9.17) is 0 Å². The summed E-state index contributed by atoms with van der Waals surface area (Å²) < 4.78 is 0. The summed E-state index contributed by atoms with van der Waals surface area (Å²) >= 11 is 0. The zero-order valence-corrected chi connectivity index (χ0v) is 17.1. The third kappa shape index (κ3) is 5.11. The molecule has 3 rings (SSSR count). The Bertz CT molecular complexity index is 750. The highest BCUT2D eigenvalue weighted by Gasteiger charge is 2.55. The molecule has 1 N–H and O–H groups in total. The van der Waals surface area contributed by atoms with Gasteiger partial charge >= 0.3 is 0 Å². The van der Waals surface area contributed by atoms with Gasteiger partial charge < -0.3 is 5.32 Å². The SMILES string of the molecule is C=CC(/C=C/C(=O)NCCC1[C@H]2CN(C(C)c3ccccc3)C[C@@H]12)=C\C=C/C. The summed E-state index contributed by atoms with van der Waals surface area (Å²) in [6.45, 7) is 11.2. The molecule has 2 unspecified atom stereocenters. The molecular weight excluding hydrogens is 344 g/mol. The summed E-state index contributed by atoms with van der Waals surface area (Å²) in [5.74, 6) is 2.38. The van der Waals surface area contributed by atoms with Gasteiger partial charge in [0.05, 0.1) is 0 Å². The van der Waals surface area contributed by atoms with Gasteiger partial charge in [0, 0.05) is 31.8 Å².